The topological polar surface area (TPSA) is 110 Å². The molecule has 1 amide bonds. The molecule has 1 atom stereocenters. The van der Waals surface area contributed by atoms with Gasteiger partial charge in [0, 0.05) is 17.0 Å². The van der Waals surface area contributed by atoms with E-state index >= 15 is 0 Å². The van der Waals surface area contributed by atoms with Crippen molar-refractivity contribution in [1.82, 2.24) is 15.4 Å². The summed E-state index contributed by atoms with van der Waals surface area (Å²) in [4.78, 5) is 25.5. The minimum absolute atomic E-state index is 0.113. The Bertz CT molecular complexity index is 1130. The first-order valence-corrected chi connectivity index (χ1v) is 8.55. The van der Waals surface area contributed by atoms with E-state index in [0.29, 0.717) is 22.2 Å². The number of anilines is 1. The summed E-state index contributed by atoms with van der Waals surface area (Å²) in [5, 5.41) is 13.8. The fourth-order valence-electron chi connectivity index (χ4n) is 2.80. The van der Waals surface area contributed by atoms with E-state index in [-0.39, 0.29) is 11.5 Å². The molecule has 2 aromatic carbocycles. The molecule has 2 aromatic heterocycles. The third kappa shape index (κ3) is 3.48. The highest BCUT2D eigenvalue weighted by Crippen LogP contribution is 2.23. The van der Waals surface area contributed by atoms with Crippen molar-refractivity contribution in [2.24, 2.45) is 0 Å². The van der Waals surface area contributed by atoms with Crippen LogP contribution in [0.25, 0.3) is 10.9 Å². The van der Waals surface area contributed by atoms with E-state index < -0.39 is 18.0 Å². The summed E-state index contributed by atoms with van der Waals surface area (Å²) in [5.74, 6) is -0.471. The molecule has 0 aliphatic carbocycles. The van der Waals surface area contributed by atoms with Crippen molar-refractivity contribution >= 4 is 28.6 Å². The molecule has 0 aliphatic rings. The fourth-order valence-corrected chi connectivity index (χ4v) is 2.80. The molecule has 0 saturated heterocycles. The fraction of sp³-hybridized carbons (Fsp3) is 0.100. The lowest BCUT2D eigenvalue weighted by atomic mass is 10.1. The van der Waals surface area contributed by atoms with Crippen LogP contribution in [-0.2, 0) is 9.53 Å². The lowest BCUT2D eigenvalue weighted by Crippen LogP contribution is -2.26. The summed E-state index contributed by atoms with van der Waals surface area (Å²) in [6.45, 7) is 1.71. The van der Waals surface area contributed by atoms with Crippen LogP contribution in [0.2, 0.25) is 0 Å². The number of para-hydroxylation sites is 1. The minimum atomic E-state index is -1.18. The van der Waals surface area contributed by atoms with Gasteiger partial charge in [-0.2, -0.15) is 5.10 Å². The number of benzene rings is 2. The molecule has 0 saturated carbocycles. The monoisotopic (exact) mass is 376 g/mol. The van der Waals surface area contributed by atoms with Gasteiger partial charge in [-0.15, -0.1) is 0 Å². The second kappa shape index (κ2) is 7.36. The smallest absolute Gasteiger partial charge is 0.360 e. The van der Waals surface area contributed by atoms with Crippen molar-refractivity contribution in [2.45, 2.75) is 13.0 Å². The van der Waals surface area contributed by atoms with Gasteiger partial charge in [-0.3, -0.25) is 9.89 Å². The zero-order chi connectivity index (χ0) is 19.5. The Hall–Kier alpha value is -3.94. The molecule has 0 radical (unpaired) electrons. The Labute approximate surface area is 159 Å². The molecule has 8 heteroatoms. The first-order chi connectivity index (χ1) is 13.6. The van der Waals surface area contributed by atoms with E-state index in [0.717, 1.165) is 0 Å². The van der Waals surface area contributed by atoms with Gasteiger partial charge < -0.3 is 14.6 Å². The minimum Gasteiger partial charge on any atom is -0.442 e. The van der Waals surface area contributed by atoms with Gasteiger partial charge in [0.05, 0.1) is 5.52 Å². The van der Waals surface area contributed by atoms with E-state index in [1.807, 2.05) is 12.1 Å². The predicted octanol–water partition coefficient (Wildman–Crippen LogP) is 3.40. The quantitative estimate of drug-likeness (QED) is 0.517. The molecule has 28 heavy (non-hydrogen) atoms. The SMILES string of the molecule is Cc1cc(NC(=O)[C@H](OC(=O)c2n[nH]c3ccccc23)c2ccccc2)no1. The number of carbonyl (C=O) groups excluding carboxylic acids is 2. The van der Waals surface area contributed by atoms with Gasteiger partial charge in [0.25, 0.3) is 5.91 Å². The summed E-state index contributed by atoms with van der Waals surface area (Å²) < 4.78 is 10.5. The van der Waals surface area contributed by atoms with Crippen molar-refractivity contribution < 1.29 is 18.8 Å². The number of ether oxygens (including phenoxy) is 1. The number of amides is 1. The molecular formula is C20H16N4O4. The summed E-state index contributed by atoms with van der Waals surface area (Å²) in [6, 6.07) is 17.5. The van der Waals surface area contributed by atoms with E-state index in [1.54, 1.807) is 55.5 Å². The number of H-pyrrole nitrogens is 1. The summed E-state index contributed by atoms with van der Waals surface area (Å²) >= 11 is 0. The first kappa shape index (κ1) is 17.5. The molecule has 4 rings (SSSR count). The van der Waals surface area contributed by atoms with Crippen LogP contribution in [0.15, 0.2) is 65.2 Å². The van der Waals surface area contributed by atoms with Gasteiger partial charge >= 0.3 is 5.97 Å². The molecule has 8 nitrogen and oxygen atoms in total. The van der Waals surface area contributed by atoms with Crippen molar-refractivity contribution in [3.63, 3.8) is 0 Å². The Balaban J connectivity index is 1.62. The van der Waals surface area contributed by atoms with Crippen molar-refractivity contribution in [2.75, 3.05) is 5.32 Å². The second-order valence-corrected chi connectivity index (χ2v) is 6.13. The molecular weight excluding hydrogens is 360 g/mol. The van der Waals surface area contributed by atoms with Gasteiger partial charge in [0.15, 0.2) is 11.5 Å². The normalized spacial score (nSPS) is 11.9. The van der Waals surface area contributed by atoms with Crippen LogP contribution >= 0.6 is 0 Å². The Morgan fingerprint density at radius 1 is 1.11 bits per heavy atom. The third-order valence-corrected chi connectivity index (χ3v) is 4.11. The van der Waals surface area contributed by atoms with Crippen molar-refractivity contribution in [3.05, 3.63) is 77.7 Å². The van der Waals surface area contributed by atoms with E-state index in [1.165, 1.54) is 0 Å². The number of aromatic amines is 1. The number of rotatable bonds is 5. The number of hydrogen-bond donors (Lipinski definition) is 2. The Morgan fingerprint density at radius 3 is 2.61 bits per heavy atom. The average Bonchev–Trinajstić information content (AvgIpc) is 3.32. The number of carbonyl (C=O) groups is 2. The molecule has 0 aliphatic heterocycles. The van der Waals surface area contributed by atoms with Crippen LogP contribution in [0.1, 0.15) is 27.9 Å². The predicted molar refractivity (Wildman–Crippen MR) is 101 cm³/mol. The van der Waals surface area contributed by atoms with E-state index in [2.05, 4.69) is 20.7 Å². The molecule has 2 heterocycles. The standard InChI is InChI=1S/C20H16N4O4/c1-12-11-16(24-28-12)21-19(25)18(13-7-3-2-4-8-13)27-20(26)17-14-9-5-6-10-15(14)22-23-17/h2-11,18H,1H3,(H,22,23)(H,21,24,25)/t18-/m1/s1. The van der Waals surface area contributed by atoms with Crippen LogP contribution in [0, 0.1) is 6.92 Å². The summed E-state index contributed by atoms with van der Waals surface area (Å²) in [6.07, 6.45) is -1.18. The third-order valence-electron chi connectivity index (χ3n) is 4.11. The highest BCUT2D eigenvalue weighted by Gasteiger charge is 2.28. The number of aryl methyl sites for hydroxylation is 1. The number of esters is 1. The van der Waals surface area contributed by atoms with Gasteiger partial charge in [-0.05, 0) is 13.0 Å². The average molecular weight is 376 g/mol. The molecule has 140 valence electrons. The largest absolute Gasteiger partial charge is 0.442 e. The highest BCUT2D eigenvalue weighted by molar-refractivity contribution is 6.03. The van der Waals surface area contributed by atoms with Gasteiger partial charge in [0.1, 0.15) is 5.76 Å². The van der Waals surface area contributed by atoms with E-state index in [4.69, 9.17) is 9.26 Å². The molecule has 0 bridgehead atoms. The summed E-state index contributed by atoms with van der Waals surface area (Å²) in [7, 11) is 0. The number of fused-ring (bicyclic) bond motifs is 1. The zero-order valence-corrected chi connectivity index (χ0v) is 14.9. The lowest BCUT2D eigenvalue weighted by Gasteiger charge is -2.16. The molecule has 0 spiro atoms. The Kier molecular flexibility index (Phi) is 4.59. The van der Waals surface area contributed by atoms with Crippen LogP contribution in [0.5, 0.6) is 0 Å². The number of nitrogens with one attached hydrogen (secondary N) is 2. The van der Waals surface area contributed by atoms with Crippen molar-refractivity contribution in [3.8, 4) is 0 Å². The van der Waals surface area contributed by atoms with Gasteiger partial charge in [-0.1, -0.05) is 53.7 Å². The zero-order valence-electron chi connectivity index (χ0n) is 14.9. The molecule has 0 unspecified atom stereocenters. The number of hydrogen-bond acceptors (Lipinski definition) is 6. The van der Waals surface area contributed by atoms with Crippen molar-refractivity contribution in [1.29, 1.82) is 0 Å². The molecule has 4 aromatic rings. The van der Waals surface area contributed by atoms with E-state index in [9.17, 15) is 9.59 Å². The maximum absolute atomic E-state index is 12.8. The van der Waals surface area contributed by atoms with Crippen LogP contribution in [0.3, 0.4) is 0 Å². The number of aromatic nitrogens is 3. The Morgan fingerprint density at radius 2 is 1.86 bits per heavy atom. The van der Waals surface area contributed by atoms with Crippen LogP contribution in [-0.4, -0.2) is 27.2 Å². The highest BCUT2D eigenvalue weighted by atomic mass is 16.5. The molecule has 0 fully saturated rings. The maximum atomic E-state index is 12.8. The second-order valence-electron chi connectivity index (χ2n) is 6.13. The molecule has 2 N–H and O–H groups in total. The summed E-state index contributed by atoms with van der Waals surface area (Å²) in [5.41, 5.74) is 1.34. The lowest BCUT2D eigenvalue weighted by molar-refractivity contribution is -0.125. The number of nitrogens with zero attached hydrogens (tertiary/aromatic N) is 2. The van der Waals surface area contributed by atoms with Crippen LogP contribution in [0.4, 0.5) is 5.82 Å². The first-order valence-electron chi connectivity index (χ1n) is 8.55. The van der Waals surface area contributed by atoms with Crippen LogP contribution < -0.4 is 5.32 Å². The maximum Gasteiger partial charge on any atom is 0.360 e. The van der Waals surface area contributed by atoms with Gasteiger partial charge in [-0.25, -0.2) is 4.79 Å². The van der Waals surface area contributed by atoms with Gasteiger partial charge in [0.2, 0.25) is 6.10 Å².